The number of rotatable bonds is 4. The van der Waals surface area contributed by atoms with Crippen molar-refractivity contribution in [3.8, 4) is 0 Å². The summed E-state index contributed by atoms with van der Waals surface area (Å²) >= 11 is 0. The summed E-state index contributed by atoms with van der Waals surface area (Å²) in [6.45, 7) is 0.195. The van der Waals surface area contributed by atoms with Crippen LogP contribution in [0.25, 0.3) is 0 Å². The number of hydrogen-bond acceptors (Lipinski definition) is 2. The van der Waals surface area contributed by atoms with Gasteiger partial charge in [-0.2, -0.15) is 0 Å². The van der Waals surface area contributed by atoms with Crippen LogP contribution >= 0.6 is 0 Å². The van der Waals surface area contributed by atoms with Gasteiger partial charge in [0.2, 0.25) is 0 Å². The van der Waals surface area contributed by atoms with Crippen LogP contribution in [0.5, 0.6) is 0 Å². The number of nitrogens with one attached hydrogen (secondary N) is 1. The van der Waals surface area contributed by atoms with E-state index in [-0.39, 0.29) is 18.6 Å². The van der Waals surface area contributed by atoms with Crippen molar-refractivity contribution in [1.82, 2.24) is 5.32 Å². The highest BCUT2D eigenvalue weighted by molar-refractivity contribution is 5.23. The number of hydrogen-bond donors (Lipinski definition) is 2. The van der Waals surface area contributed by atoms with E-state index in [0.29, 0.717) is 5.56 Å². The molecule has 5 heteroatoms. The van der Waals surface area contributed by atoms with Crippen LogP contribution in [0.1, 0.15) is 24.4 Å². The van der Waals surface area contributed by atoms with Crippen LogP contribution in [-0.4, -0.2) is 12.6 Å². The Balaban J connectivity index is 2.16. The third kappa shape index (κ3) is 2.73. The lowest BCUT2D eigenvalue weighted by Crippen LogP contribution is -2.35. The largest absolute Gasteiger partial charge is 0.329 e. The number of nitrogens with two attached hydrogens (primary N) is 1. The Morgan fingerprint density at radius 2 is 1.72 bits per heavy atom. The Labute approximate surface area is 104 Å². The molecule has 0 bridgehead atoms. The first kappa shape index (κ1) is 13.1. The van der Waals surface area contributed by atoms with Gasteiger partial charge < -0.3 is 11.1 Å². The minimum Gasteiger partial charge on any atom is -0.329 e. The van der Waals surface area contributed by atoms with Crippen molar-refractivity contribution in [2.24, 2.45) is 5.73 Å². The first-order valence-electron chi connectivity index (χ1n) is 5.87. The lowest BCUT2D eigenvalue weighted by atomic mass is 10.0. The smallest absolute Gasteiger partial charge is 0.194 e. The van der Waals surface area contributed by atoms with Crippen LogP contribution in [-0.2, 0) is 0 Å². The third-order valence-corrected chi connectivity index (χ3v) is 3.09. The van der Waals surface area contributed by atoms with Crippen molar-refractivity contribution in [3.63, 3.8) is 0 Å². The molecule has 1 aromatic rings. The van der Waals surface area contributed by atoms with Crippen LogP contribution in [0, 0.1) is 17.5 Å². The lowest BCUT2D eigenvalue weighted by Gasteiger charge is -2.22. The zero-order valence-corrected chi connectivity index (χ0v) is 9.80. The van der Waals surface area contributed by atoms with Gasteiger partial charge in [0.15, 0.2) is 17.5 Å². The summed E-state index contributed by atoms with van der Waals surface area (Å²) < 4.78 is 39.2. The van der Waals surface area contributed by atoms with Gasteiger partial charge in [-0.15, -0.1) is 0 Å². The van der Waals surface area contributed by atoms with Gasteiger partial charge in [-0.25, -0.2) is 13.2 Å². The predicted octanol–water partition coefficient (Wildman–Crippen LogP) is 2.41. The molecule has 1 aliphatic rings. The highest BCUT2D eigenvalue weighted by Gasteiger charge is 2.19. The third-order valence-electron chi connectivity index (χ3n) is 3.09. The van der Waals surface area contributed by atoms with Crippen molar-refractivity contribution in [2.45, 2.75) is 24.9 Å². The maximum absolute atomic E-state index is 13.2. The van der Waals surface area contributed by atoms with Gasteiger partial charge in [-0.1, -0.05) is 12.2 Å². The summed E-state index contributed by atoms with van der Waals surface area (Å²) in [6, 6.07) is 1.82. The average molecular weight is 256 g/mol. The Bertz CT molecular complexity index is 429. The van der Waals surface area contributed by atoms with Crippen LogP contribution in [0.2, 0.25) is 0 Å². The quantitative estimate of drug-likeness (QED) is 0.641. The van der Waals surface area contributed by atoms with Gasteiger partial charge in [0.25, 0.3) is 0 Å². The lowest BCUT2D eigenvalue weighted by molar-refractivity contribution is 0.426. The second-order valence-corrected chi connectivity index (χ2v) is 4.39. The van der Waals surface area contributed by atoms with Gasteiger partial charge >= 0.3 is 0 Å². The summed E-state index contributed by atoms with van der Waals surface area (Å²) in [5, 5.41) is 3.21. The molecule has 98 valence electrons. The van der Waals surface area contributed by atoms with E-state index < -0.39 is 17.5 Å². The summed E-state index contributed by atoms with van der Waals surface area (Å²) in [7, 11) is 0. The van der Waals surface area contributed by atoms with E-state index in [9.17, 15) is 13.2 Å². The zero-order chi connectivity index (χ0) is 13.1. The maximum Gasteiger partial charge on any atom is 0.194 e. The molecule has 1 aliphatic carbocycles. The fraction of sp³-hybridized carbons (Fsp3) is 0.385. The molecule has 1 unspecified atom stereocenters. The molecule has 3 N–H and O–H groups in total. The second-order valence-electron chi connectivity index (χ2n) is 4.39. The van der Waals surface area contributed by atoms with Crippen molar-refractivity contribution in [1.29, 1.82) is 0 Å². The first-order chi connectivity index (χ1) is 8.61. The van der Waals surface area contributed by atoms with Gasteiger partial charge in [-0.05, 0) is 30.5 Å². The fourth-order valence-electron chi connectivity index (χ4n) is 2.11. The van der Waals surface area contributed by atoms with Crippen LogP contribution < -0.4 is 11.1 Å². The Morgan fingerprint density at radius 1 is 1.17 bits per heavy atom. The van der Waals surface area contributed by atoms with Crippen molar-refractivity contribution in [3.05, 3.63) is 47.3 Å². The second kappa shape index (κ2) is 5.54. The van der Waals surface area contributed by atoms with Gasteiger partial charge in [0.1, 0.15) is 0 Å². The predicted molar refractivity (Wildman–Crippen MR) is 63.4 cm³/mol. The van der Waals surface area contributed by atoms with E-state index in [1.807, 2.05) is 12.2 Å². The monoisotopic (exact) mass is 256 g/mol. The highest BCUT2D eigenvalue weighted by atomic mass is 19.2. The van der Waals surface area contributed by atoms with Crippen LogP contribution in [0.15, 0.2) is 24.3 Å². The highest BCUT2D eigenvalue weighted by Crippen LogP contribution is 2.21. The summed E-state index contributed by atoms with van der Waals surface area (Å²) in [5.74, 6) is -3.82. The van der Waals surface area contributed by atoms with E-state index in [2.05, 4.69) is 5.32 Å². The standard InChI is InChI=1S/C13H15F3N2/c14-10-5-8(6-11(15)13(10)16)12(7-17)18-9-3-1-2-4-9/h1-2,5-6,9,12,18H,3-4,7,17H2. The van der Waals surface area contributed by atoms with Gasteiger partial charge in [-0.3, -0.25) is 0 Å². The molecule has 1 aromatic carbocycles. The fourth-order valence-corrected chi connectivity index (χ4v) is 2.11. The molecule has 2 rings (SSSR count). The molecule has 0 amide bonds. The maximum atomic E-state index is 13.2. The molecule has 0 saturated heterocycles. The molecule has 0 radical (unpaired) electrons. The van der Waals surface area contributed by atoms with Crippen molar-refractivity contribution in [2.75, 3.05) is 6.54 Å². The molecule has 0 aromatic heterocycles. The topological polar surface area (TPSA) is 38.0 Å². The minimum atomic E-state index is -1.45. The molecule has 0 aliphatic heterocycles. The molecule has 0 fully saturated rings. The number of halogens is 3. The van der Waals surface area contributed by atoms with E-state index in [1.54, 1.807) is 0 Å². The van der Waals surface area contributed by atoms with E-state index in [0.717, 1.165) is 25.0 Å². The molecule has 2 nitrogen and oxygen atoms in total. The van der Waals surface area contributed by atoms with Gasteiger partial charge in [0, 0.05) is 18.6 Å². The molecule has 1 atom stereocenters. The molecular weight excluding hydrogens is 241 g/mol. The molecular formula is C13H15F3N2. The van der Waals surface area contributed by atoms with Crippen LogP contribution in [0.3, 0.4) is 0 Å². The van der Waals surface area contributed by atoms with E-state index in [1.165, 1.54) is 0 Å². The normalized spacial score (nSPS) is 17.3. The molecule has 0 heterocycles. The number of benzene rings is 1. The van der Waals surface area contributed by atoms with E-state index in [4.69, 9.17) is 5.73 Å². The van der Waals surface area contributed by atoms with Crippen molar-refractivity contribution >= 4 is 0 Å². The Kier molecular flexibility index (Phi) is 4.04. The average Bonchev–Trinajstić information content (AvgIpc) is 2.85. The van der Waals surface area contributed by atoms with E-state index >= 15 is 0 Å². The zero-order valence-electron chi connectivity index (χ0n) is 9.80. The van der Waals surface area contributed by atoms with Gasteiger partial charge in [0.05, 0.1) is 0 Å². The summed E-state index contributed by atoms with van der Waals surface area (Å²) in [4.78, 5) is 0. The summed E-state index contributed by atoms with van der Waals surface area (Å²) in [6.07, 6.45) is 5.81. The first-order valence-corrected chi connectivity index (χ1v) is 5.87. The molecule has 0 spiro atoms. The Hall–Kier alpha value is -1.33. The Morgan fingerprint density at radius 3 is 2.22 bits per heavy atom. The molecule has 0 saturated carbocycles. The van der Waals surface area contributed by atoms with Crippen molar-refractivity contribution < 1.29 is 13.2 Å². The molecule has 18 heavy (non-hydrogen) atoms. The SMILES string of the molecule is NCC(NC1CC=CC1)c1cc(F)c(F)c(F)c1. The van der Waals surface area contributed by atoms with Crippen LogP contribution in [0.4, 0.5) is 13.2 Å². The summed E-state index contributed by atoms with van der Waals surface area (Å²) in [5.41, 5.74) is 5.93. The minimum absolute atomic E-state index is 0.195.